The molecule has 0 saturated carbocycles. The number of hydrogen-bond acceptors (Lipinski definition) is 4. The molecule has 2 aromatic rings. The Labute approximate surface area is 166 Å². The van der Waals surface area contributed by atoms with Gasteiger partial charge in [0.2, 0.25) is 0 Å². The van der Waals surface area contributed by atoms with Crippen molar-refractivity contribution in [2.75, 3.05) is 0 Å². The van der Waals surface area contributed by atoms with E-state index in [1.165, 1.54) is 16.7 Å². The van der Waals surface area contributed by atoms with Crippen molar-refractivity contribution < 1.29 is 9.47 Å². The van der Waals surface area contributed by atoms with Gasteiger partial charge in [0.15, 0.2) is 0 Å². The number of nitriles is 2. The first-order chi connectivity index (χ1) is 13.7. The molecule has 4 heteroatoms. The van der Waals surface area contributed by atoms with Crippen LogP contribution in [-0.2, 0) is 6.42 Å². The van der Waals surface area contributed by atoms with Gasteiger partial charge in [-0.1, -0.05) is 37.6 Å². The van der Waals surface area contributed by atoms with Crippen molar-refractivity contribution in [2.45, 2.75) is 51.4 Å². The summed E-state index contributed by atoms with van der Waals surface area (Å²) < 4.78 is 9.99. The van der Waals surface area contributed by atoms with Gasteiger partial charge < -0.3 is 9.47 Å². The number of benzene rings is 2. The third-order valence-corrected chi connectivity index (χ3v) is 5.31. The van der Waals surface area contributed by atoms with Crippen LogP contribution in [0, 0.1) is 23.0 Å². The van der Waals surface area contributed by atoms with Gasteiger partial charge in [-0.25, -0.2) is 0 Å². The SMILES string of the molecule is CCCCc1cc(C2=CCC(c3ccc(OC#N)cc3)CC2)ccc1OC#N. The van der Waals surface area contributed by atoms with Gasteiger partial charge in [0, 0.05) is 0 Å². The molecule has 0 aromatic heterocycles. The predicted molar refractivity (Wildman–Crippen MR) is 109 cm³/mol. The zero-order chi connectivity index (χ0) is 19.8. The lowest BCUT2D eigenvalue weighted by Crippen LogP contribution is -2.04. The van der Waals surface area contributed by atoms with Crippen LogP contribution in [0.5, 0.6) is 11.5 Å². The maximum Gasteiger partial charge on any atom is 0.292 e. The minimum atomic E-state index is 0.487. The summed E-state index contributed by atoms with van der Waals surface area (Å²) in [5.41, 5.74) is 4.98. The van der Waals surface area contributed by atoms with Crippen LogP contribution in [0.1, 0.15) is 61.6 Å². The number of hydrogen-bond donors (Lipinski definition) is 0. The summed E-state index contributed by atoms with van der Waals surface area (Å²) in [7, 11) is 0. The second-order valence-corrected chi connectivity index (χ2v) is 7.08. The van der Waals surface area contributed by atoms with E-state index in [9.17, 15) is 0 Å². The molecule has 1 unspecified atom stereocenters. The summed E-state index contributed by atoms with van der Waals surface area (Å²) in [6.45, 7) is 2.16. The summed E-state index contributed by atoms with van der Waals surface area (Å²) in [6, 6.07) is 14.0. The molecule has 0 heterocycles. The van der Waals surface area contributed by atoms with Gasteiger partial charge >= 0.3 is 0 Å². The maximum absolute atomic E-state index is 8.86. The maximum atomic E-state index is 8.86. The monoisotopic (exact) mass is 372 g/mol. The molecule has 0 fully saturated rings. The van der Waals surface area contributed by atoms with Gasteiger partial charge in [0.1, 0.15) is 11.5 Å². The quantitative estimate of drug-likeness (QED) is 0.551. The molecule has 3 rings (SSSR count). The Bertz CT molecular complexity index is 917. The number of aryl methyl sites for hydroxylation is 1. The standard InChI is InChI=1S/C24H24N2O2/c1-2-3-4-22-15-21(11-14-24(22)28-17-26)20-7-5-18(6-8-20)19-9-12-23(13-10-19)27-16-25/h7,9-15,18H,2-6,8H2,1H3. The summed E-state index contributed by atoms with van der Waals surface area (Å²) in [5, 5.41) is 17.5. The smallest absolute Gasteiger partial charge is 0.292 e. The normalized spacial score (nSPS) is 15.8. The van der Waals surface area contributed by atoms with Crippen molar-refractivity contribution in [3.63, 3.8) is 0 Å². The second-order valence-electron chi connectivity index (χ2n) is 7.08. The van der Waals surface area contributed by atoms with E-state index in [-0.39, 0.29) is 0 Å². The first kappa shape index (κ1) is 19.5. The minimum absolute atomic E-state index is 0.487. The summed E-state index contributed by atoms with van der Waals surface area (Å²) in [4.78, 5) is 0. The Morgan fingerprint density at radius 1 is 1.04 bits per heavy atom. The van der Waals surface area contributed by atoms with Crippen LogP contribution >= 0.6 is 0 Å². The predicted octanol–water partition coefficient (Wildman–Crippen LogP) is 6.10. The fourth-order valence-electron chi connectivity index (χ4n) is 3.75. The Balaban J connectivity index is 1.73. The molecule has 0 radical (unpaired) electrons. The zero-order valence-electron chi connectivity index (χ0n) is 16.1. The van der Waals surface area contributed by atoms with E-state index in [0.29, 0.717) is 17.4 Å². The van der Waals surface area contributed by atoms with Crippen LogP contribution in [0.15, 0.2) is 48.5 Å². The van der Waals surface area contributed by atoms with Gasteiger partial charge in [-0.2, -0.15) is 0 Å². The molecule has 0 saturated heterocycles. The lowest BCUT2D eigenvalue weighted by atomic mass is 9.82. The average Bonchev–Trinajstić information content (AvgIpc) is 2.74. The summed E-state index contributed by atoms with van der Waals surface area (Å²) in [6.07, 6.45) is 12.0. The first-order valence-electron chi connectivity index (χ1n) is 9.79. The minimum Gasteiger partial charge on any atom is -0.388 e. The lowest BCUT2D eigenvalue weighted by Gasteiger charge is -2.23. The highest BCUT2D eigenvalue weighted by Gasteiger charge is 2.18. The molecule has 2 aromatic carbocycles. The van der Waals surface area contributed by atoms with Crippen LogP contribution in [0.3, 0.4) is 0 Å². The van der Waals surface area contributed by atoms with Gasteiger partial charge in [-0.05, 0) is 84.6 Å². The van der Waals surface area contributed by atoms with Crippen LogP contribution in [-0.4, -0.2) is 0 Å². The van der Waals surface area contributed by atoms with Gasteiger partial charge in [-0.3, -0.25) is 0 Å². The lowest BCUT2D eigenvalue weighted by molar-refractivity contribution is 0.498. The Morgan fingerprint density at radius 3 is 2.46 bits per heavy atom. The Hall–Kier alpha value is -3.24. The number of rotatable bonds is 7. The molecular formula is C24H24N2O2. The van der Waals surface area contributed by atoms with E-state index in [0.717, 1.165) is 44.1 Å². The molecule has 0 bridgehead atoms. The highest BCUT2D eigenvalue weighted by atomic mass is 16.5. The molecule has 0 amide bonds. The number of unbranched alkanes of at least 4 members (excludes halogenated alkanes) is 1. The molecular weight excluding hydrogens is 348 g/mol. The largest absolute Gasteiger partial charge is 0.388 e. The van der Waals surface area contributed by atoms with Gasteiger partial charge in [0.05, 0.1) is 0 Å². The molecule has 4 nitrogen and oxygen atoms in total. The van der Waals surface area contributed by atoms with E-state index in [4.69, 9.17) is 20.0 Å². The second kappa shape index (κ2) is 9.62. The van der Waals surface area contributed by atoms with Crippen molar-refractivity contribution in [1.29, 1.82) is 10.5 Å². The Morgan fingerprint density at radius 2 is 1.82 bits per heavy atom. The van der Waals surface area contributed by atoms with E-state index >= 15 is 0 Å². The summed E-state index contributed by atoms with van der Waals surface area (Å²) in [5.74, 6) is 1.74. The number of nitrogens with zero attached hydrogens (tertiary/aromatic N) is 2. The zero-order valence-corrected chi connectivity index (χ0v) is 16.1. The molecule has 1 aliphatic carbocycles. The van der Waals surface area contributed by atoms with Crippen LogP contribution in [0.4, 0.5) is 0 Å². The third-order valence-electron chi connectivity index (χ3n) is 5.31. The topological polar surface area (TPSA) is 66.0 Å². The van der Waals surface area contributed by atoms with Crippen molar-refractivity contribution in [2.24, 2.45) is 0 Å². The molecule has 1 atom stereocenters. The number of ether oxygens (including phenoxy) is 2. The Kier molecular flexibility index (Phi) is 6.71. The summed E-state index contributed by atoms with van der Waals surface area (Å²) >= 11 is 0. The van der Waals surface area contributed by atoms with Crippen molar-refractivity contribution in [1.82, 2.24) is 0 Å². The molecule has 28 heavy (non-hydrogen) atoms. The number of allylic oxidation sites excluding steroid dienone is 2. The van der Waals surface area contributed by atoms with Crippen molar-refractivity contribution in [3.8, 4) is 24.0 Å². The van der Waals surface area contributed by atoms with Crippen LogP contribution in [0.25, 0.3) is 5.57 Å². The molecule has 142 valence electrons. The third kappa shape index (κ3) is 4.72. The fourth-order valence-corrected chi connectivity index (χ4v) is 3.75. The molecule has 1 aliphatic rings. The van der Waals surface area contributed by atoms with E-state index in [1.54, 1.807) is 12.5 Å². The van der Waals surface area contributed by atoms with Crippen LogP contribution < -0.4 is 9.47 Å². The fraction of sp³-hybridized carbons (Fsp3) is 0.333. The molecule has 0 aliphatic heterocycles. The van der Waals surface area contributed by atoms with Crippen molar-refractivity contribution >= 4 is 5.57 Å². The first-order valence-corrected chi connectivity index (χ1v) is 9.79. The highest BCUT2D eigenvalue weighted by molar-refractivity contribution is 5.68. The van der Waals surface area contributed by atoms with Gasteiger partial charge in [-0.15, -0.1) is 10.5 Å². The van der Waals surface area contributed by atoms with E-state index < -0.39 is 0 Å². The molecule has 0 spiro atoms. The van der Waals surface area contributed by atoms with E-state index in [2.05, 4.69) is 25.1 Å². The van der Waals surface area contributed by atoms with E-state index in [1.807, 2.05) is 30.3 Å². The van der Waals surface area contributed by atoms with Crippen LogP contribution in [0.2, 0.25) is 0 Å². The van der Waals surface area contributed by atoms with Crippen molar-refractivity contribution in [3.05, 3.63) is 65.2 Å². The highest BCUT2D eigenvalue weighted by Crippen LogP contribution is 2.37. The average molecular weight is 372 g/mol. The van der Waals surface area contributed by atoms with Gasteiger partial charge in [0.25, 0.3) is 12.5 Å². The molecule has 0 N–H and O–H groups in total.